The third kappa shape index (κ3) is 22.9. The van der Waals surface area contributed by atoms with Crippen molar-refractivity contribution in [2.75, 3.05) is 44.8 Å². The van der Waals surface area contributed by atoms with E-state index in [2.05, 4.69) is 72.5 Å². The van der Waals surface area contributed by atoms with Gasteiger partial charge < -0.3 is 86.4 Å². The van der Waals surface area contributed by atoms with Crippen molar-refractivity contribution in [1.29, 1.82) is 0 Å². The molecule has 0 saturated carbocycles. The number of likely N-dealkylation sites (tertiary alicyclic amines) is 1. The Kier molecular flexibility index (Phi) is 27.5. The third-order valence-corrected chi connectivity index (χ3v) is 11.5. The number of hydrogen-bond acceptors (Lipinski definition) is 16. The third-order valence-electron chi connectivity index (χ3n) is 10.9. The molecule has 0 unspecified atom stereocenters. The number of amides is 10. The van der Waals surface area contributed by atoms with Crippen LogP contribution in [0.5, 0.6) is 5.75 Å². The lowest BCUT2D eigenvalue weighted by molar-refractivity contribution is -0.143. The Morgan fingerprint density at radius 3 is 1.76 bits per heavy atom. The molecule has 29 nitrogen and oxygen atoms in total. The summed E-state index contributed by atoms with van der Waals surface area (Å²) in [5, 5.41) is 26.7. The molecule has 74 heavy (non-hydrogen) atoms. The number of hydrogen-bond donors (Lipinski definition) is 16. The van der Waals surface area contributed by atoms with Crippen molar-refractivity contribution in [3.8, 4) is 5.75 Å². The summed E-state index contributed by atoms with van der Waals surface area (Å²) in [7, 11) is 1.43. The molecule has 0 bridgehead atoms. The number of guanidine groups is 2. The van der Waals surface area contributed by atoms with Crippen LogP contribution in [0.3, 0.4) is 0 Å². The normalized spacial score (nSPS) is 15.2. The van der Waals surface area contributed by atoms with Crippen molar-refractivity contribution < 1.29 is 62.6 Å². The molecule has 0 radical (unpaired) electrons. The molecule has 1 aromatic carbocycles. The Bertz CT molecular complexity index is 2210. The topological polar surface area (TPSA) is 486 Å². The first-order valence-electron chi connectivity index (χ1n) is 23.1. The van der Waals surface area contributed by atoms with Gasteiger partial charge in [0, 0.05) is 38.2 Å². The molecule has 1 heterocycles. The fraction of sp³-hybridized carbons (Fsp3) is 0.558. The van der Waals surface area contributed by atoms with Gasteiger partial charge in [0.25, 0.3) is 0 Å². The highest BCUT2D eigenvalue weighted by Gasteiger charge is 2.40. The van der Waals surface area contributed by atoms with Crippen LogP contribution in [0.1, 0.15) is 63.4 Å². The predicted molar refractivity (Wildman–Crippen MR) is 273 cm³/mol. The number of ether oxygens (including phenoxy) is 1. The summed E-state index contributed by atoms with van der Waals surface area (Å²) in [4.78, 5) is 153. The molecular weight excluding hydrogens is 1010 g/mol. The highest BCUT2D eigenvalue weighted by molar-refractivity contribution is 7.80. The summed E-state index contributed by atoms with van der Waals surface area (Å²) in [6, 6.07) is -3.66. The molecule has 0 aliphatic carbocycles. The number of methoxy groups -OCH3 is 1. The van der Waals surface area contributed by atoms with Gasteiger partial charge in [0.1, 0.15) is 48.0 Å². The number of aliphatic imine (C=N–C) groups is 2. The fourth-order valence-corrected chi connectivity index (χ4v) is 7.71. The molecule has 1 aliphatic rings. The number of nitrogens with two attached hydrogens (primary N) is 6. The number of carbonyl (C=O) groups is 11. The second-order valence-corrected chi connectivity index (χ2v) is 17.5. The van der Waals surface area contributed by atoms with Crippen LogP contribution in [-0.2, 0) is 59.2 Å². The molecule has 0 aromatic heterocycles. The largest absolute Gasteiger partial charge is 0.497 e. The maximum atomic E-state index is 14.1. The van der Waals surface area contributed by atoms with E-state index in [1.165, 1.54) is 7.11 Å². The van der Waals surface area contributed by atoms with E-state index in [9.17, 15) is 57.8 Å². The second-order valence-electron chi connectivity index (χ2n) is 16.7. The second kappa shape index (κ2) is 32.5. The SMILES string of the molecule is COc1ccc(C[C@H](NC(=O)[C@H](CC(=O)O)NC(=O)CNC(=O)[C@H](CCCN=C(N)N)NC(=O)[C@@H]2CCCN2C(=O)[C@H](CC(N)=O)NC(=O)CCS)C(=O)N[C@@H](CCCN=C(N)N)C(=O)N[C@@H](CS)C(N)=O)cc1. The van der Waals surface area contributed by atoms with Crippen LogP contribution in [0, 0.1) is 0 Å². The first-order valence-corrected chi connectivity index (χ1v) is 24.4. The summed E-state index contributed by atoms with van der Waals surface area (Å²) in [5.41, 5.74) is 32.9. The van der Waals surface area contributed by atoms with Gasteiger partial charge in [-0.25, -0.2) is 0 Å². The number of aliphatic carboxylic acids is 1. The molecule has 31 heteroatoms. The Hall–Kier alpha value is -7.57. The molecule has 1 aromatic rings. The quantitative estimate of drug-likeness (QED) is 0.0135. The van der Waals surface area contributed by atoms with Crippen molar-refractivity contribution in [2.45, 2.75) is 107 Å². The van der Waals surface area contributed by atoms with Crippen LogP contribution in [0.2, 0.25) is 0 Å². The van der Waals surface area contributed by atoms with Crippen molar-refractivity contribution >= 4 is 102 Å². The number of thiol groups is 2. The van der Waals surface area contributed by atoms with Gasteiger partial charge in [0.05, 0.1) is 26.5 Å². The average Bonchev–Trinajstić information content (AvgIpc) is 3.83. The zero-order chi connectivity index (χ0) is 55.5. The zero-order valence-electron chi connectivity index (χ0n) is 40.7. The Morgan fingerprint density at radius 2 is 1.23 bits per heavy atom. The predicted octanol–water partition coefficient (Wildman–Crippen LogP) is -6.55. The van der Waals surface area contributed by atoms with E-state index in [1.54, 1.807) is 24.3 Å². The van der Waals surface area contributed by atoms with E-state index in [0.29, 0.717) is 17.7 Å². The number of carbonyl (C=O) groups excluding carboxylic acids is 10. The Morgan fingerprint density at radius 1 is 0.689 bits per heavy atom. The van der Waals surface area contributed by atoms with Crippen molar-refractivity contribution in [1.82, 2.24) is 42.1 Å². The van der Waals surface area contributed by atoms with Crippen LogP contribution < -0.4 is 76.4 Å². The molecule has 410 valence electrons. The van der Waals surface area contributed by atoms with Gasteiger partial charge in [-0.2, -0.15) is 25.3 Å². The minimum absolute atomic E-state index is 0.0137. The fourth-order valence-electron chi connectivity index (χ4n) is 7.24. The summed E-state index contributed by atoms with van der Waals surface area (Å²) < 4.78 is 5.20. The molecule has 1 saturated heterocycles. The number of primary amides is 2. The van der Waals surface area contributed by atoms with Crippen LogP contribution in [0.25, 0.3) is 0 Å². The van der Waals surface area contributed by atoms with Crippen LogP contribution >= 0.6 is 25.3 Å². The standard InChI is InChI=1S/C43H68N16O13S2/c1-72-23-10-8-22(9-11-23)17-26(38(68)55-25(6-3-14-51-43(48)49)37(67)58-29(21-74)35(45)65)57-39(69)27(19-34(63)64)53-33(62)20-52-36(66)24(5-2-13-50-42(46)47)56-40(70)30-7-4-15-59(30)41(71)28(18-31(44)60)54-32(61)12-16-73/h8-11,24-30,73-74H,2-7,12-21H2,1H3,(H2,44,60)(H2,45,65)(H,52,66)(H,53,62)(H,54,61)(H,55,68)(H,56,70)(H,57,69)(H,58,67)(H,63,64)(H4,46,47,50)(H4,48,49,51)/t24-,25-,26-,27-,28-,29-,30-/m0/s1. The van der Waals surface area contributed by atoms with E-state index in [4.69, 9.17) is 39.1 Å². The number of nitrogens with zero attached hydrogens (tertiary/aromatic N) is 3. The minimum Gasteiger partial charge on any atom is -0.497 e. The summed E-state index contributed by atoms with van der Waals surface area (Å²) in [6.07, 6.45) is -1.37. The maximum Gasteiger partial charge on any atom is 0.305 e. The van der Waals surface area contributed by atoms with E-state index in [-0.39, 0.29) is 88.0 Å². The monoisotopic (exact) mass is 1080 g/mol. The number of nitrogens with one attached hydrogen (secondary N) is 7. The lowest BCUT2D eigenvalue weighted by atomic mass is 10.0. The highest BCUT2D eigenvalue weighted by atomic mass is 32.1. The van der Waals surface area contributed by atoms with E-state index < -0.39 is 127 Å². The van der Waals surface area contributed by atoms with E-state index in [1.807, 2.05) is 0 Å². The zero-order valence-corrected chi connectivity index (χ0v) is 42.5. The van der Waals surface area contributed by atoms with Crippen LogP contribution in [0.15, 0.2) is 34.3 Å². The van der Waals surface area contributed by atoms with E-state index >= 15 is 0 Å². The van der Waals surface area contributed by atoms with Gasteiger partial charge in [-0.05, 0) is 62.0 Å². The number of carboxylic acids is 1. The van der Waals surface area contributed by atoms with Gasteiger partial charge in [-0.15, -0.1) is 0 Å². The summed E-state index contributed by atoms with van der Waals surface area (Å²) in [6.45, 7) is -0.764. The number of benzene rings is 1. The number of carboxylic acid groups (broad SMARTS) is 1. The van der Waals surface area contributed by atoms with Crippen LogP contribution in [-0.4, -0.2) is 174 Å². The highest BCUT2D eigenvalue weighted by Crippen LogP contribution is 2.20. The molecule has 10 amide bonds. The molecule has 1 aliphatic heterocycles. The van der Waals surface area contributed by atoms with Crippen molar-refractivity contribution in [3.63, 3.8) is 0 Å². The van der Waals surface area contributed by atoms with Gasteiger partial charge in [0.2, 0.25) is 59.1 Å². The van der Waals surface area contributed by atoms with Gasteiger partial charge in [-0.1, -0.05) is 12.1 Å². The van der Waals surface area contributed by atoms with Crippen molar-refractivity contribution in [2.24, 2.45) is 44.4 Å². The molecule has 0 spiro atoms. The van der Waals surface area contributed by atoms with Gasteiger partial charge >= 0.3 is 5.97 Å². The van der Waals surface area contributed by atoms with Crippen molar-refractivity contribution in [3.05, 3.63) is 29.8 Å². The first kappa shape index (κ1) is 62.5. The van der Waals surface area contributed by atoms with Gasteiger partial charge in [-0.3, -0.25) is 62.7 Å². The minimum atomic E-state index is -1.87. The Balaban J connectivity index is 2.36. The molecule has 1 fully saturated rings. The maximum absolute atomic E-state index is 14.1. The molecule has 2 rings (SSSR count). The smallest absolute Gasteiger partial charge is 0.305 e. The molecule has 7 atom stereocenters. The first-order chi connectivity index (χ1) is 35.0. The summed E-state index contributed by atoms with van der Waals surface area (Å²) >= 11 is 8.04. The van der Waals surface area contributed by atoms with Gasteiger partial charge in [0.15, 0.2) is 11.9 Å². The Labute approximate surface area is 436 Å². The lowest BCUT2D eigenvalue weighted by Gasteiger charge is -2.29. The molecular formula is C43H68N16O13S2. The van der Waals surface area contributed by atoms with Crippen LogP contribution in [0.4, 0.5) is 0 Å². The summed E-state index contributed by atoms with van der Waals surface area (Å²) in [5.74, 6) is -10.6. The number of rotatable bonds is 33. The molecule has 20 N–H and O–H groups in total. The average molecular weight is 1080 g/mol. The van der Waals surface area contributed by atoms with E-state index in [0.717, 1.165) is 4.90 Å². The lowest BCUT2D eigenvalue weighted by Crippen LogP contribution is -2.59.